The smallest absolute Gasteiger partial charge is 0.228 e. The van der Waals surface area contributed by atoms with Crippen LogP contribution in [0.4, 0.5) is 5.69 Å². The number of aromatic nitrogens is 1. The van der Waals surface area contributed by atoms with E-state index in [9.17, 15) is 4.79 Å². The molecule has 1 aliphatic heterocycles. The van der Waals surface area contributed by atoms with E-state index in [4.69, 9.17) is 10.5 Å². The largest absolute Gasteiger partial charge is 0.397 e. The second kappa shape index (κ2) is 6.41. The standard InChI is InChI=1S/C14H21N3O2.ClH/c1-10-8-17(9-14(2,3)19-10)13(18)6-12-5-4-11(15)7-16-12;/h4-5,7,10H,6,8-9,15H2,1-3H3;1H. The Morgan fingerprint density at radius 2 is 2.25 bits per heavy atom. The van der Waals surface area contributed by atoms with E-state index in [0.717, 1.165) is 5.69 Å². The average Bonchev–Trinajstić information content (AvgIpc) is 2.29. The van der Waals surface area contributed by atoms with Gasteiger partial charge in [-0.1, -0.05) is 0 Å². The number of nitrogen functional groups attached to an aromatic ring is 1. The van der Waals surface area contributed by atoms with Gasteiger partial charge in [-0.2, -0.15) is 0 Å². The second-order valence-electron chi connectivity index (χ2n) is 5.72. The van der Waals surface area contributed by atoms with E-state index in [1.807, 2.05) is 25.7 Å². The predicted octanol–water partition coefficient (Wildman–Crippen LogP) is 1.65. The molecule has 1 aliphatic rings. The second-order valence-corrected chi connectivity index (χ2v) is 5.72. The van der Waals surface area contributed by atoms with E-state index in [-0.39, 0.29) is 30.0 Å². The molecule has 0 saturated carbocycles. The number of morpholine rings is 1. The van der Waals surface area contributed by atoms with E-state index in [2.05, 4.69) is 4.98 Å². The number of nitrogens with zero attached hydrogens (tertiary/aromatic N) is 2. The normalized spacial score (nSPS) is 21.1. The molecule has 0 spiro atoms. The maximum Gasteiger partial charge on any atom is 0.228 e. The highest BCUT2D eigenvalue weighted by molar-refractivity contribution is 5.85. The zero-order valence-corrected chi connectivity index (χ0v) is 12.9. The Hall–Kier alpha value is -1.33. The van der Waals surface area contributed by atoms with E-state index < -0.39 is 0 Å². The third kappa shape index (κ3) is 4.35. The lowest BCUT2D eigenvalue weighted by atomic mass is 10.0. The Balaban J connectivity index is 0.00000200. The van der Waals surface area contributed by atoms with Crippen LogP contribution < -0.4 is 5.73 Å². The molecule has 1 saturated heterocycles. The molecule has 0 aliphatic carbocycles. The van der Waals surface area contributed by atoms with Crippen molar-refractivity contribution in [2.24, 2.45) is 0 Å². The minimum absolute atomic E-state index is 0. The lowest BCUT2D eigenvalue weighted by Crippen LogP contribution is -2.54. The molecule has 1 atom stereocenters. The van der Waals surface area contributed by atoms with Crippen LogP contribution in [0.25, 0.3) is 0 Å². The van der Waals surface area contributed by atoms with Crippen LogP contribution in [0, 0.1) is 0 Å². The minimum Gasteiger partial charge on any atom is -0.397 e. The van der Waals surface area contributed by atoms with Crippen LogP contribution >= 0.6 is 12.4 Å². The summed E-state index contributed by atoms with van der Waals surface area (Å²) in [5.74, 6) is 0.0838. The van der Waals surface area contributed by atoms with Crippen molar-refractivity contribution in [1.82, 2.24) is 9.88 Å². The fourth-order valence-corrected chi connectivity index (χ4v) is 2.45. The van der Waals surface area contributed by atoms with Crippen molar-refractivity contribution in [3.05, 3.63) is 24.0 Å². The van der Waals surface area contributed by atoms with Crippen molar-refractivity contribution in [2.75, 3.05) is 18.8 Å². The molecule has 1 aromatic rings. The maximum atomic E-state index is 12.3. The summed E-state index contributed by atoms with van der Waals surface area (Å²) in [6.45, 7) is 7.25. The third-order valence-electron chi connectivity index (χ3n) is 3.10. The average molecular weight is 300 g/mol. The van der Waals surface area contributed by atoms with Crippen LogP contribution in [0.1, 0.15) is 26.5 Å². The molecule has 6 heteroatoms. The Kier molecular flexibility index (Phi) is 5.36. The third-order valence-corrected chi connectivity index (χ3v) is 3.10. The molecule has 0 radical (unpaired) electrons. The first-order valence-corrected chi connectivity index (χ1v) is 6.52. The molecule has 112 valence electrons. The molecule has 20 heavy (non-hydrogen) atoms. The van der Waals surface area contributed by atoms with E-state index in [1.165, 1.54) is 0 Å². The highest BCUT2D eigenvalue weighted by atomic mass is 35.5. The number of ether oxygens (including phenoxy) is 1. The Morgan fingerprint density at radius 3 is 2.80 bits per heavy atom. The minimum atomic E-state index is -0.290. The van der Waals surface area contributed by atoms with Crippen molar-refractivity contribution in [1.29, 1.82) is 0 Å². The van der Waals surface area contributed by atoms with Crippen LogP contribution in [0.15, 0.2) is 18.3 Å². The van der Waals surface area contributed by atoms with E-state index in [0.29, 0.717) is 25.2 Å². The van der Waals surface area contributed by atoms with Crippen molar-refractivity contribution in [3.8, 4) is 0 Å². The number of halogens is 1. The number of hydrogen-bond acceptors (Lipinski definition) is 4. The highest BCUT2D eigenvalue weighted by Gasteiger charge is 2.33. The summed E-state index contributed by atoms with van der Waals surface area (Å²) in [6.07, 6.45) is 1.95. The summed E-state index contributed by atoms with van der Waals surface area (Å²) in [4.78, 5) is 18.3. The van der Waals surface area contributed by atoms with Gasteiger partial charge in [-0.3, -0.25) is 9.78 Å². The number of carbonyl (C=O) groups is 1. The van der Waals surface area contributed by atoms with Gasteiger partial charge in [0, 0.05) is 18.8 Å². The van der Waals surface area contributed by atoms with Gasteiger partial charge in [-0.25, -0.2) is 0 Å². The zero-order chi connectivity index (χ0) is 14.0. The van der Waals surface area contributed by atoms with E-state index in [1.54, 1.807) is 18.3 Å². The van der Waals surface area contributed by atoms with Gasteiger partial charge in [-0.15, -0.1) is 12.4 Å². The fourth-order valence-electron chi connectivity index (χ4n) is 2.45. The summed E-state index contributed by atoms with van der Waals surface area (Å²) < 4.78 is 5.79. The van der Waals surface area contributed by atoms with Gasteiger partial charge in [0.05, 0.1) is 30.0 Å². The number of pyridine rings is 1. The molecule has 1 fully saturated rings. The molecule has 1 amide bonds. The first-order chi connectivity index (χ1) is 8.85. The molecule has 2 rings (SSSR count). The molecule has 2 heterocycles. The van der Waals surface area contributed by atoms with Crippen LogP contribution in [0.5, 0.6) is 0 Å². The number of carbonyl (C=O) groups excluding carboxylic acids is 1. The first-order valence-electron chi connectivity index (χ1n) is 6.52. The molecule has 0 aromatic carbocycles. The van der Waals surface area contributed by atoms with Gasteiger partial charge < -0.3 is 15.4 Å². The van der Waals surface area contributed by atoms with Crippen molar-refractivity contribution in [3.63, 3.8) is 0 Å². The van der Waals surface area contributed by atoms with Crippen LogP contribution in [0.3, 0.4) is 0 Å². The lowest BCUT2D eigenvalue weighted by molar-refractivity contribution is -0.157. The Bertz CT molecular complexity index is 462. The number of hydrogen-bond donors (Lipinski definition) is 1. The predicted molar refractivity (Wildman–Crippen MR) is 80.8 cm³/mol. The van der Waals surface area contributed by atoms with Gasteiger partial charge in [-0.05, 0) is 32.9 Å². The number of anilines is 1. The van der Waals surface area contributed by atoms with Crippen molar-refractivity contribution in [2.45, 2.75) is 38.9 Å². The van der Waals surface area contributed by atoms with Gasteiger partial charge in [0.25, 0.3) is 0 Å². The monoisotopic (exact) mass is 299 g/mol. The molecule has 2 N–H and O–H groups in total. The lowest BCUT2D eigenvalue weighted by Gasteiger charge is -2.41. The summed E-state index contributed by atoms with van der Waals surface area (Å²) in [5.41, 5.74) is 6.64. The Labute approximate surface area is 125 Å². The number of amides is 1. The van der Waals surface area contributed by atoms with Crippen molar-refractivity contribution < 1.29 is 9.53 Å². The molecular weight excluding hydrogens is 278 g/mol. The molecule has 1 unspecified atom stereocenters. The SMILES string of the molecule is CC1CN(C(=O)Cc2ccc(N)cn2)CC(C)(C)O1.Cl. The van der Waals surface area contributed by atoms with Gasteiger partial charge in [0.2, 0.25) is 5.91 Å². The summed E-state index contributed by atoms with van der Waals surface area (Å²) in [7, 11) is 0. The first kappa shape index (κ1) is 16.7. The van der Waals surface area contributed by atoms with Gasteiger partial charge in [0.15, 0.2) is 0 Å². The van der Waals surface area contributed by atoms with Gasteiger partial charge >= 0.3 is 0 Å². The van der Waals surface area contributed by atoms with Crippen LogP contribution in [-0.2, 0) is 16.0 Å². The summed E-state index contributed by atoms with van der Waals surface area (Å²) >= 11 is 0. The quantitative estimate of drug-likeness (QED) is 0.901. The number of rotatable bonds is 2. The zero-order valence-electron chi connectivity index (χ0n) is 12.1. The van der Waals surface area contributed by atoms with Crippen LogP contribution in [-0.4, -0.2) is 40.6 Å². The highest BCUT2D eigenvalue weighted by Crippen LogP contribution is 2.21. The van der Waals surface area contributed by atoms with Crippen LogP contribution in [0.2, 0.25) is 0 Å². The summed E-state index contributed by atoms with van der Waals surface area (Å²) in [5, 5.41) is 0. The molecular formula is C14H22ClN3O2. The molecule has 0 bridgehead atoms. The summed E-state index contributed by atoms with van der Waals surface area (Å²) in [6, 6.07) is 3.56. The fraction of sp³-hybridized carbons (Fsp3) is 0.571. The Morgan fingerprint density at radius 1 is 1.55 bits per heavy atom. The van der Waals surface area contributed by atoms with E-state index >= 15 is 0 Å². The van der Waals surface area contributed by atoms with Crippen molar-refractivity contribution >= 4 is 24.0 Å². The maximum absolute atomic E-state index is 12.3. The molecule has 5 nitrogen and oxygen atoms in total. The topological polar surface area (TPSA) is 68.5 Å². The molecule has 1 aromatic heterocycles. The number of nitrogens with two attached hydrogens (primary N) is 1. The van der Waals surface area contributed by atoms with Gasteiger partial charge in [0.1, 0.15) is 0 Å².